The first-order valence-electron chi connectivity index (χ1n) is 10.5. The maximum absolute atomic E-state index is 12.3. The molecule has 36 heavy (non-hydrogen) atoms. The van der Waals surface area contributed by atoms with E-state index in [1.165, 1.54) is 30.6 Å². The molecule has 3 aromatic rings. The number of nitrogens with zero attached hydrogens (tertiary/aromatic N) is 2. The number of aryl methyl sites for hydroxylation is 1. The van der Waals surface area contributed by atoms with Gasteiger partial charge in [0.05, 0.1) is 30.4 Å². The molecule has 0 unspecified atom stereocenters. The molecule has 0 bridgehead atoms. The van der Waals surface area contributed by atoms with Crippen molar-refractivity contribution in [3.8, 4) is 11.5 Å². The summed E-state index contributed by atoms with van der Waals surface area (Å²) >= 11 is 6.04. The number of hydrogen-bond acceptors (Lipinski definition) is 6. The summed E-state index contributed by atoms with van der Waals surface area (Å²) in [6.45, 7) is 2.20. The Balaban J connectivity index is 1.46. The lowest BCUT2D eigenvalue weighted by Crippen LogP contribution is -2.25. The van der Waals surface area contributed by atoms with Crippen LogP contribution in [0, 0.1) is 6.92 Å². The van der Waals surface area contributed by atoms with Crippen LogP contribution in [0.1, 0.15) is 22.5 Å². The van der Waals surface area contributed by atoms with Crippen molar-refractivity contribution >= 4 is 35.0 Å². The molecule has 3 amide bonds. The van der Waals surface area contributed by atoms with E-state index in [0.29, 0.717) is 28.6 Å². The Bertz CT molecular complexity index is 1190. The average molecular weight is 524 g/mol. The molecule has 0 fully saturated rings. The molecule has 3 N–H and O–H groups in total. The summed E-state index contributed by atoms with van der Waals surface area (Å²) in [6, 6.07) is 8.71. The number of rotatable bonds is 9. The van der Waals surface area contributed by atoms with Crippen molar-refractivity contribution in [3.05, 3.63) is 71.1 Å². The number of nitrogens with one attached hydrogen (secondary N) is 3. The van der Waals surface area contributed by atoms with Crippen molar-refractivity contribution < 1.29 is 32.2 Å². The molecule has 0 radical (unpaired) electrons. The van der Waals surface area contributed by atoms with E-state index < -0.39 is 24.1 Å². The molecule has 3 rings (SSSR count). The van der Waals surface area contributed by atoms with E-state index in [1.54, 1.807) is 19.1 Å². The van der Waals surface area contributed by atoms with Crippen LogP contribution in [-0.2, 0) is 0 Å². The highest BCUT2D eigenvalue weighted by atomic mass is 35.5. The average Bonchev–Trinajstić information content (AvgIpc) is 2.81. The Hall–Kier alpha value is -4.06. The van der Waals surface area contributed by atoms with Gasteiger partial charge in [0.2, 0.25) is 0 Å². The van der Waals surface area contributed by atoms with Crippen LogP contribution >= 0.6 is 11.6 Å². The van der Waals surface area contributed by atoms with Crippen molar-refractivity contribution in [1.29, 1.82) is 0 Å². The third-order valence-corrected chi connectivity index (χ3v) is 4.66. The van der Waals surface area contributed by atoms with E-state index in [0.717, 1.165) is 12.1 Å². The third-order valence-electron chi connectivity index (χ3n) is 4.43. The van der Waals surface area contributed by atoms with Crippen LogP contribution in [0.5, 0.6) is 11.5 Å². The number of alkyl halides is 3. The lowest BCUT2D eigenvalue weighted by molar-refractivity contribution is -0.274. The molecule has 0 aliphatic carbocycles. The maximum Gasteiger partial charge on any atom is 0.573 e. The zero-order valence-electron chi connectivity index (χ0n) is 18.9. The molecular formula is C23H21ClF3N5O4. The van der Waals surface area contributed by atoms with Crippen molar-refractivity contribution in [3.63, 3.8) is 0 Å². The van der Waals surface area contributed by atoms with E-state index in [2.05, 4.69) is 30.7 Å². The largest absolute Gasteiger partial charge is 0.573 e. The number of ether oxygens (including phenoxy) is 2. The number of hydrogen-bond donors (Lipinski definition) is 3. The van der Waals surface area contributed by atoms with Crippen molar-refractivity contribution in [2.24, 2.45) is 0 Å². The fourth-order valence-electron chi connectivity index (χ4n) is 2.82. The zero-order chi connectivity index (χ0) is 26.1. The molecule has 0 aliphatic heterocycles. The standard InChI is InChI=1S/C23H21ClF3N5O4/c1-14-12-30-20(13-29-14)32-22(34)31-18-11-16(24)5-8-19(18)35-10-2-9-28-21(33)15-3-6-17(7-4-15)36-23(25,26)27/h3-8,11-13H,2,9-10H2,1H3,(H,28,33)(H2,30,31,32,34). The number of carbonyl (C=O) groups excluding carboxylic acids is 2. The molecule has 0 atom stereocenters. The van der Waals surface area contributed by atoms with E-state index in [-0.39, 0.29) is 24.5 Å². The Labute approximate surface area is 209 Å². The first kappa shape index (κ1) is 26.5. The fraction of sp³-hybridized carbons (Fsp3) is 0.217. The van der Waals surface area contributed by atoms with Crippen LogP contribution in [0.25, 0.3) is 0 Å². The van der Waals surface area contributed by atoms with Gasteiger partial charge in [0, 0.05) is 17.1 Å². The number of halogens is 4. The topological polar surface area (TPSA) is 114 Å². The van der Waals surface area contributed by atoms with Gasteiger partial charge in [0.15, 0.2) is 5.82 Å². The lowest BCUT2D eigenvalue weighted by Gasteiger charge is -2.14. The molecule has 1 aromatic heterocycles. The first-order chi connectivity index (χ1) is 17.1. The SMILES string of the molecule is Cc1cnc(NC(=O)Nc2cc(Cl)ccc2OCCCNC(=O)c2ccc(OC(F)(F)F)cc2)cn1. The van der Waals surface area contributed by atoms with Gasteiger partial charge < -0.3 is 20.1 Å². The number of carbonyl (C=O) groups is 2. The van der Waals surface area contributed by atoms with Gasteiger partial charge in [0.25, 0.3) is 5.91 Å². The second-order valence-corrected chi connectivity index (χ2v) is 7.73. The molecule has 190 valence electrons. The Morgan fingerprint density at radius 3 is 2.44 bits per heavy atom. The summed E-state index contributed by atoms with van der Waals surface area (Å²) < 4.78 is 46.1. The monoisotopic (exact) mass is 523 g/mol. The van der Waals surface area contributed by atoms with Crippen LogP contribution in [0.2, 0.25) is 5.02 Å². The lowest BCUT2D eigenvalue weighted by atomic mass is 10.2. The second-order valence-electron chi connectivity index (χ2n) is 7.29. The number of amides is 3. The molecule has 0 spiro atoms. The highest BCUT2D eigenvalue weighted by molar-refractivity contribution is 6.31. The van der Waals surface area contributed by atoms with Gasteiger partial charge in [-0.3, -0.25) is 15.1 Å². The van der Waals surface area contributed by atoms with Gasteiger partial charge in [-0.05, 0) is 55.8 Å². The highest BCUT2D eigenvalue weighted by Gasteiger charge is 2.31. The second kappa shape index (κ2) is 12.1. The van der Waals surface area contributed by atoms with Crippen molar-refractivity contribution in [2.75, 3.05) is 23.8 Å². The Morgan fingerprint density at radius 2 is 1.78 bits per heavy atom. The fourth-order valence-corrected chi connectivity index (χ4v) is 2.99. The molecule has 0 aliphatic rings. The molecule has 0 saturated carbocycles. The number of urea groups is 1. The Morgan fingerprint density at radius 1 is 1.03 bits per heavy atom. The zero-order valence-corrected chi connectivity index (χ0v) is 19.6. The van der Waals surface area contributed by atoms with Crippen LogP contribution in [0.3, 0.4) is 0 Å². The predicted octanol–water partition coefficient (Wildman–Crippen LogP) is 5.18. The number of benzene rings is 2. The molecular weight excluding hydrogens is 503 g/mol. The number of aromatic nitrogens is 2. The third kappa shape index (κ3) is 8.62. The molecule has 1 heterocycles. The van der Waals surface area contributed by atoms with Gasteiger partial charge in [-0.2, -0.15) is 0 Å². The van der Waals surface area contributed by atoms with Gasteiger partial charge in [-0.1, -0.05) is 11.6 Å². The van der Waals surface area contributed by atoms with E-state index in [9.17, 15) is 22.8 Å². The molecule has 9 nitrogen and oxygen atoms in total. The van der Waals surface area contributed by atoms with Crippen LogP contribution in [0.15, 0.2) is 54.9 Å². The van der Waals surface area contributed by atoms with Gasteiger partial charge in [0.1, 0.15) is 11.5 Å². The molecule has 2 aromatic carbocycles. The van der Waals surface area contributed by atoms with Gasteiger partial charge >= 0.3 is 12.4 Å². The summed E-state index contributed by atoms with van der Waals surface area (Å²) in [5.74, 6) is -0.254. The highest BCUT2D eigenvalue weighted by Crippen LogP contribution is 2.28. The van der Waals surface area contributed by atoms with Crippen LogP contribution in [-0.4, -0.2) is 41.4 Å². The smallest absolute Gasteiger partial charge is 0.491 e. The van der Waals surface area contributed by atoms with Crippen LogP contribution in [0.4, 0.5) is 29.5 Å². The quantitative estimate of drug-likeness (QED) is 0.333. The Kier molecular flexibility index (Phi) is 8.90. The summed E-state index contributed by atoms with van der Waals surface area (Å²) in [4.78, 5) is 32.6. The van der Waals surface area contributed by atoms with E-state index in [1.807, 2.05) is 0 Å². The maximum atomic E-state index is 12.3. The number of anilines is 2. The van der Waals surface area contributed by atoms with Crippen molar-refractivity contribution in [2.45, 2.75) is 19.7 Å². The normalized spacial score (nSPS) is 10.9. The summed E-state index contributed by atoms with van der Waals surface area (Å²) in [5.41, 5.74) is 1.21. The van der Waals surface area contributed by atoms with E-state index >= 15 is 0 Å². The van der Waals surface area contributed by atoms with Gasteiger partial charge in [-0.15, -0.1) is 13.2 Å². The minimum Gasteiger partial charge on any atom is -0.491 e. The van der Waals surface area contributed by atoms with Gasteiger partial charge in [-0.25, -0.2) is 9.78 Å². The first-order valence-corrected chi connectivity index (χ1v) is 10.9. The minimum absolute atomic E-state index is 0.180. The van der Waals surface area contributed by atoms with E-state index in [4.69, 9.17) is 16.3 Å². The van der Waals surface area contributed by atoms with Crippen LogP contribution < -0.4 is 25.4 Å². The molecule has 13 heteroatoms. The molecule has 0 saturated heterocycles. The summed E-state index contributed by atoms with van der Waals surface area (Å²) in [7, 11) is 0. The minimum atomic E-state index is -4.80. The summed E-state index contributed by atoms with van der Waals surface area (Å²) in [5, 5.41) is 8.21. The van der Waals surface area contributed by atoms with Crippen molar-refractivity contribution in [1.82, 2.24) is 15.3 Å². The predicted molar refractivity (Wildman–Crippen MR) is 126 cm³/mol. The summed E-state index contributed by atoms with van der Waals surface area (Å²) in [6.07, 6.45) is -1.46.